The minimum absolute atomic E-state index is 0.183. The molecule has 160 valence electrons. The lowest BCUT2D eigenvalue weighted by molar-refractivity contribution is -0.133. The van der Waals surface area contributed by atoms with Gasteiger partial charge < -0.3 is 15.1 Å². The zero-order valence-electron chi connectivity index (χ0n) is 18.0. The molecule has 0 spiro atoms. The van der Waals surface area contributed by atoms with Gasteiger partial charge in [-0.2, -0.15) is 0 Å². The second-order valence-corrected chi connectivity index (χ2v) is 8.87. The third-order valence-electron chi connectivity index (χ3n) is 6.08. The smallest absolute Gasteiger partial charge is 0.236 e. The van der Waals surface area contributed by atoms with Gasteiger partial charge in [0.05, 0.1) is 6.54 Å². The Labute approximate surface area is 175 Å². The Kier molecular flexibility index (Phi) is 8.07. The SMILES string of the molecule is CN(C)CC(=O)N1CCC(CCC(=O)N[C@H]2CCN(Cc3ccccc3)C2)CC1. The fraction of sp³-hybridized carbons (Fsp3) is 0.652. The Hall–Kier alpha value is -1.92. The summed E-state index contributed by atoms with van der Waals surface area (Å²) in [6, 6.07) is 10.8. The normalized spacial score (nSPS) is 20.9. The van der Waals surface area contributed by atoms with E-state index in [9.17, 15) is 9.59 Å². The molecule has 0 aliphatic carbocycles. The van der Waals surface area contributed by atoms with Gasteiger partial charge in [0, 0.05) is 45.2 Å². The van der Waals surface area contributed by atoms with Gasteiger partial charge in [0.1, 0.15) is 0 Å². The third kappa shape index (κ3) is 7.12. The van der Waals surface area contributed by atoms with Crippen molar-refractivity contribution in [2.45, 2.75) is 44.7 Å². The van der Waals surface area contributed by atoms with Crippen molar-refractivity contribution >= 4 is 11.8 Å². The molecule has 6 nitrogen and oxygen atoms in total. The number of nitrogens with one attached hydrogen (secondary N) is 1. The van der Waals surface area contributed by atoms with E-state index < -0.39 is 0 Å². The quantitative estimate of drug-likeness (QED) is 0.725. The van der Waals surface area contributed by atoms with Crippen molar-refractivity contribution in [2.75, 3.05) is 46.8 Å². The monoisotopic (exact) mass is 400 g/mol. The summed E-state index contributed by atoms with van der Waals surface area (Å²) in [7, 11) is 3.85. The molecule has 0 saturated carbocycles. The van der Waals surface area contributed by atoms with Crippen molar-refractivity contribution in [1.82, 2.24) is 20.0 Å². The van der Waals surface area contributed by atoms with E-state index in [1.54, 1.807) is 0 Å². The Bertz CT molecular complexity index is 656. The van der Waals surface area contributed by atoms with Crippen molar-refractivity contribution in [2.24, 2.45) is 5.92 Å². The molecular formula is C23H36N4O2. The number of carbonyl (C=O) groups excluding carboxylic acids is 2. The molecule has 1 atom stereocenters. The number of benzene rings is 1. The number of nitrogens with zero attached hydrogens (tertiary/aromatic N) is 3. The highest BCUT2D eigenvalue weighted by Gasteiger charge is 2.26. The van der Waals surface area contributed by atoms with Crippen LogP contribution in [-0.2, 0) is 16.1 Å². The highest BCUT2D eigenvalue weighted by atomic mass is 16.2. The number of piperidine rings is 1. The van der Waals surface area contributed by atoms with Crippen LogP contribution in [0, 0.1) is 5.92 Å². The number of hydrogen-bond donors (Lipinski definition) is 1. The maximum atomic E-state index is 12.4. The number of amides is 2. The average molecular weight is 401 g/mol. The number of rotatable bonds is 8. The zero-order chi connectivity index (χ0) is 20.6. The summed E-state index contributed by atoms with van der Waals surface area (Å²) in [5.41, 5.74) is 1.33. The fourth-order valence-corrected chi connectivity index (χ4v) is 4.41. The number of hydrogen-bond acceptors (Lipinski definition) is 4. The van der Waals surface area contributed by atoms with E-state index in [2.05, 4.69) is 34.5 Å². The molecule has 1 aromatic rings. The average Bonchev–Trinajstić information content (AvgIpc) is 3.13. The van der Waals surface area contributed by atoms with E-state index in [0.29, 0.717) is 18.9 Å². The fourth-order valence-electron chi connectivity index (χ4n) is 4.41. The standard InChI is InChI=1S/C23H36N4O2/c1-25(2)18-23(29)27-14-10-19(11-15-27)8-9-22(28)24-21-12-13-26(17-21)16-20-6-4-3-5-7-20/h3-7,19,21H,8-18H2,1-2H3,(H,24,28)/t21-/m0/s1. The molecule has 29 heavy (non-hydrogen) atoms. The van der Waals surface area contributed by atoms with Crippen LogP contribution in [0.5, 0.6) is 0 Å². The van der Waals surface area contributed by atoms with Crippen molar-refractivity contribution in [3.05, 3.63) is 35.9 Å². The maximum Gasteiger partial charge on any atom is 0.236 e. The largest absolute Gasteiger partial charge is 0.352 e. The summed E-state index contributed by atoms with van der Waals surface area (Å²) in [5.74, 6) is 0.956. The van der Waals surface area contributed by atoms with Crippen molar-refractivity contribution < 1.29 is 9.59 Å². The van der Waals surface area contributed by atoms with E-state index in [0.717, 1.165) is 58.4 Å². The third-order valence-corrected chi connectivity index (χ3v) is 6.08. The maximum absolute atomic E-state index is 12.4. The molecule has 1 N–H and O–H groups in total. The predicted molar refractivity (Wildman–Crippen MR) is 115 cm³/mol. The molecule has 2 heterocycles. The van der Waals surface area contributed by atoms with Crippen molar-refractivity contribution in [3.63, 3.8) is 0 Å². The van der Waals surface area contributed by atoms with E-state index in [4.69, 9.17) is 0 Å². The van der Waals surface area contributed by atoms with Gasteiger partial charge in [-0.05, 0) is 51.3 Å². The number of likely N-dealkylation sites (N-methyl/N-ethyl adjacent to an activating group) is 1. The lowest BCUT2D eigenvalue weighted by atomic mass is 9.92. The summed E-state index contributed by atoms with van der Waals surface area (Å²) in [4.78, 5) is 30.8. The van der Waals surface area contributed by atoms with Gasteiger partial charge in [0.25, 0.3) is 0 Å². The summed E-state index contributed by atoms with van der Waals surface area (Å²) >= 11 is 0. The van der Waals surface area contributed by atoms with Gasteiger partial charge in [0.2, 0.25) is 11.8 Å². The van der Waals surface area contributed by atoms with Crippen LogP contribution in [0.25, 0.3) is 0 Å². The summed E-state index contributed by atoms with van der Waals surface area (Å²) in [6.07, 6.45) is 4.60. The van der Waals surface area contributed by atoms with Gasteiger partial charge in [-0.3, -0.25) is 14.5 Å². The molecule has 0 unspecified atom stereocenters. The van der Waals surface area contributed by atoms with Crippen molar-refractivity contribution in [1.29, 1.82) is 0 Å². The number of likely N-dealkylation sites (tertiary alicyclic amines) is 2. The molecule has 2 aliphatic rings. The van der Waals surface area contributed by atoms with Gasteiger partial charge in [0.15, 0.2) is 0 Å². The Balaban J connectivity index is 1.30. The van der Waals surface area contributed by atoms with Crippen LogP contribution in [0.2, 0.25) is 0 Å². The van der Waals surface area contributed by atoms with Crippen LogP contribution in [-0.4, -0.2) is 79.4 Å². The minimum atomic E-state index is 0.183. The first-order chi connectivity index (χ1) is 14.0. The molecule has 2 aliphatic heterocycles. The molecule has 3 rings (SSSR count). The summed E-state index contributed by atoms with van der Waals surface area (Å²) in [5, 5.41) is 3.23. The van der Waals surface area contributed by atoms with Crippen LogP contribution in [0.4, 0.5) is 0 Å². The minimum Gasteiger partial charge on any atom is -0.352 e. The predicted octanol–water partition coefficient (Wildman–Crippen LogP) is 1.96. The van der Waals surface area contributed by atoms with Gasteiger partial charge in [-0.25, -0.2) is 0 Å². The molecule has 2 fully saturated rings. The van der Waals surface area contributed by atoms with Crippen LogP contribution < -0.4 is 5.32 Å². The molecule has 2 amide bonds. The zero-order valence-corrected chi connectivity index (χ0v) is 18.0. The van der Waals surface area contributed by atoms with Crippen LogP contribution >= 0.6 is 0 Å². The van der Waals surface area contributed by atoms with Gasteiger partial charge in [-0.15, -0.1) is 0 Å². The van der Waals surface area contributed by atoms with Crippen LogP contribution in [0.3, 0.4) is 0 Å². The summed E-state index contributed by atoms with van der Waals surface area (Å²) in [6.45, 7) is 5.08. The highest BCUT2D eigenvalue weighted by molar-refractivity contribution is 5.78. The van der Waals surface area contributed by atoms with E-state index in [1.807, 2.05) is 30.0 Å². The van der Waals surface area contributed by atoms with Gasteiger partial charge in [-0.1, -0.05) is 30.3 Å². The lowest BCUT2D eigenvalue weighted by Crippen LogP contribution is -2.43. The Morgan fingerprint density at radius 3 is 2.48 bits per heavy atom. The Morgan fingerprint density at radius 2 is 1.79 bits per heavy atom. The molecular weight excluding hydrogens is 364 g/mol. The molecule has 1 aromatic carbocycles. The van der Waals surface area contributed by atoms with Crippen molar-refractivity contribution in [3.8, 4) is 0 Å². The van der Waals surface area contributed by atoms with E-state index >= 15 is 0 Å². The lowest BCUT2D eigenvalue weighted by Gasteiger charge is -2.32. The van der Waals surface area contributed by atoms with E-state index in [-0.39, 0.29) is 17.9 Å². The topological polar surface area (TPSA) is 55.9 Å². The first-order valence-electron chi connectivity index (χ1n) is 11.0. The second kappa shape index (κ2) is 10.7. The highest BCUT2D eigenvalue weighted by Crippen LogP contribution is 2.22. The van der Waals surface area contributed by atoms with Gasteiger partial charge >= 0.3 is 0 Å². The first kappa shape index (κ1) is 21.8. The molecule has 0 radical (unpaired) electrons. The van der Waals surface area contributed by atoms with Crippen LogP contribution in [0.1, 0.15) is 37.7 Å². The molecule has 0 aromatic heterocycles. The molecule has 0 bridgehead atoms. The van der Waals surface area contributed by atoms with Crippen LogP contribution in [0.15, 0.2) is 30.3 Å². The molecule has 6 heteroatoms. The molecule has 2 saturated heterocycles. The number of carbonyl (C=O) groups is 2. The first-order valence-corrected chi connectivity index (χ1v) is 11.0. The summed E-state index contributed by atoms with van der Waals surface area (Å²) < 4.78 is 0. The Morgan fingerprint density at radius 1 is 1.07 bits per heavy atom. The van der Waals surface area contributed by atoms with E-state index in [1.165, 1.54) is 5.56 Å². The second-order valence-electron chi connectivity index (χ2n) is 8.87.